The Balaban J connectivity index is 2.48. The average Bonchev–Trinajstić information content (AvgIpc) is 2.70. The molecule has 1 N–H and O–H groups in total. The Hall–Kier alpha value is -1.43. The number of hydrogen-bond acceptors (Lipinski definition) is 4. The molecule has 6 heteroatoms. The molecule has 1 rings (SSSR count). The molecule has 0 spiro atoms. The van der Waals surface area contributed by atoms with E-state index >= 15 is 0 Å². The highest BCUT2D eigenvalue weighted by atomic mass is 16.3. The third-order valence-corrected chi connectivity index (χ3v) is 1.99. The summed E-state index contributed by atoms with van der Waals surface area (Å²) in [5.41, 5.74) is 0. The van der Waals surface area contributed by atoms with Gasteiger partial charge in [-0.15, -0.1) is 5.10 Å². The van der Waals surface area contributed by atoms with Crippen LogP contribution in [-0.2, 0) is 11.3 Å². The number of hydrogen-bond donors (Lipinski definition) is 1. The van der Waals surface area contributed by atoms with Crippen molar-refractivity contribution in [2.45, 2.75) is 19.9 Å². The maximum atomic E-state index is 11.7. The van der Waals surface area contributed by atoms with E-state index in [0.717, 1.165) is 6.42 Å². The normalized spacial score (nSPS) is 10.3. The second kappa shape index (κ2) is 6.13. The summed E-state index contributed by atoms with van der Waals surface area (Å²) in [6.07, 6.45) is 4.05. The van der Waals surface area contributed by atoms with Crippen molar-refractivity contribution in [1.29, 1.82) is 0 Å². The van der Waals surface area contributed by atoms with Gasteiger partial charge < -0.3 is 10.0 Å². The molecule has 0 aliphatic rings. The molecule has 1 heterocycles. The molecule has 15 heavy (non-hydrogen) atoms. The van der Waals surface area contributed by atoms with Crippen LogP contribution < -0.4 is 0 Å². The number of aromatic nitrogens is 3. The zero-order valence-corrected chi connectivity index (χ0v) is 8.83. The molecule has 0 radical (unpaired) electrons. The Kier molecular flexibility index (Phi) is 4.76. The van der Waals surface area contributed by atoms with E-state index in [4.69, 9.17) is 5.11 Å². The Bertz CT molecular complexity index is 280. The van der Waals surface area contributed by atoms with E-state index < -0.39 is 0 Å². The highest BCUT2D eigenvalue weighted by Crippen LogP contribution is 1.95. The number of carbonyl (C=O) groups is 1. The lowest BCUT2D eigenvalue weighted by Crippen LogP contribution is -2.36. The smallest absolute Gasteiger partial charge is 0.244 e. The third kappa shape index (κ3) is 3.67. The first kappa shape index (κ1) is 11.6. The minimum absolute atomic E-state index is 0.0108. The standard InChI is InChI=1S/C9H16N4O2/c1-2-4-12(6-7-14)9(15)8-13-5-3-10-11-13/h3,5,14H,2,4,6-8H2,1H3. The van der Waals surface area contributed by atoms with Crippen LogP contribution in [0.5, 0.6) is 0 Å². The van der Waals surface area contributed by atoms with Gasteiger partial charge in [-0.05, 0) is 6.42 Å². The lowest BCUT2D eigenvalue weighted by Gasteiger charge is -2.20. The molecular formula is C9H16N4O2. The number of nitrogens with zero attached hydrogens (tertiary/aromatic N) is 4. The third-order valence-electron chi connectivity index (χ3n) is 1.99. The van der Waals surface area contributed by atoms with E-state index in [2.05, 4.69) is 10.3 Å². The molecular weight excluding hydrogens is 196 g/mol. The number of aliphatic hydroxyl groups excluding tert-OH is 1. The summed E-state index contributed by atoms with van der Waals surface area (Å²) >= 11 is 0. The fourth-order valence-corrected chi connectivity index (χ4v) is 1.31. The molecule has 0 atom stereocenters. The topological polar surface area (TPSA) is 71.2 Å². The molecule has 0 aromatic carbocycles. The molecule has 84 valence electrons. The lowest BCUT2D eigenvalue weighted by atomic mass is 10.4. The summed E-state index contributed by atoms with van der Waals surface area (Å²) in [7, 11) is 0. The highest BCUT2D eigenvalue weighted by molar-refractivity contribution is 5.75. The van der Waals surface area contributed by atoms with Crippen molar-refractivity contribution in [3.05, 3.63) is 12.4 Å². The maximum Gasteiger partial charge on any atom is 0.244 e. The van der Waals surface area contributed by atoms with E-state index in [1.54, 1.807) is 11.1 Å². The van der Waals surface area contributed by atoms with E-state index in [0.29, 0.717) is 13.1 Å². The van der Waals surface area contributed by atoms with E-state index in [1.807, 2.05) is 6.92 Å². The van der Waals surface area contributed by atoms with Gasteiger partial charge in [-0.3, -0.25) is 4.79 Å². The van der Waals surface area contributed by atoms with Crippen LogP contribution in [0.4, 0.5) is 0 Å². The summed E-state index contributed by atoms with van der Waals surface area (Å²) in [4.78, 5) is 13.3. The van der Waals surface area contributed by atoms with Crippen molar-refractivity contribution in [2.24, 2.45) is 0 Å². The SMILES string of the molecule is CCCN(CCO)C(=O)Cn1ccnn1. The van der Waals surface area contributed by atoms with Crippen LogP contribution in [0.25, 0.3) is 0 Å². The number of carbonyl (C=O) groups excluding carboxylic acids is 1. The molecule has 0 aliphatic heterocycles. The van der Waals surface area contributed by atoms with Gasteiger partial charge in [-0.2, -0.15) is 0 Å². The van der Waals surface area contributed by atoms with Gasteiger partial charge >= 0.3 is 0 Å². The van der Waals surface area contributed by atoms with Crippen molar-refractivity contribution in [3.63, 3.8) is 0 Å². The Morgan fingerprint density at radius 1 is 1.53 bits per heavy atom. The first-order chi connectivity index (χ1) is 7.27. The van der Waals surface area contributed by atoms with Gasteiger partial charge in [0, 0.05) is 19.3 Å². The van der Waals surface area contributed by atoms with Gasteiger partial charge in [0.2, 0.25) is 5.91 Å². The molecule has 0 unspecified atom stereocenters. The minimum atomic E-state index is -0.0450. The number of amides is 1. The lowest BCUT2D eigenvalue weighted by molar-refractivity contribution is -0.132. The summed E-state index contributed by atoms with van der Waals surface area (Å²) in [5, 5.41) is 16.1. The molecule has 1 aromatic rings. The summed E-state index contributed by atoms with van der Waals surface area (Å²) in [5.74, 6) is -0.0450. The van der Waals surface area contributed by atoms with Gasteiger partial charge in [-0.1, -0.05) is 12.1 Å². The quantitative estimate of drug-likeness (QED) is 0.690. The summed E-state index contributed by atoms with van der Waals surface area (Å²) in [6, 6.07) is 0. The molecule has 6 nitrogen and oxygen atoms in total. The van der Waals surface area contributed by atoms with Crippen LogP contribution >= 0.6 is 0 Å². The minimum Gasteiger partial charge on any atom is -0.395 e. The monoisotopic (exact) mass is 212 g/mol. The van der Waals surface area contributed by atoms with Crippen LogP contribution in [0.15, 0.2) is 12.4 Å². The number of rotatable bonds is 6. The van der Waals surface area contributed by atoms with Crippen molar-refractivity contribution >= 4 is 5.91 Å². The Morgan fingerprint density at radius 2 is 2.33 bits per heavy atom. The van der Waals surface area contributed by atoms with Gasteiger partial charge in [-0.25, -0.2) is 4.68 Å². The van der Waals surface area contributed by atoms with Gasteiger partial charge in [0.25, 0.3) is 0 Å². The van der Waals surface area contributed by atoms with Crippen LogP contribution in [0, 0.1) is 0 Å². The molecule has 0 saturated heterocycles. The second-order valence-electron chi connectivity index (χ2n) is 3.21. The highest BCUT2D eigenvalue weighted by Gasteiger charge is 2.12. The molecule has 0 fully saturated rings. The largest absolute Gasteiger partial charge is 0.395 e. The van der Waals surface area contributed by atoms with Gasteiger partial charge in [0.15, 0.2) is 0 Å². The zero-order chi connectivity index (χ0) is 11.1. The zero-order valence-electron chi connectivity index (χ0n) is 8.83. The van der Waals surface area contributed by atoms with Crippen LogP contribution in [0.2, 0.25) is 0 Å². The van der Waals surface area contributed by atoms with Crippen molar-refractivity contribution in [1.82, 2.24) is 19.9 Å². The Labute approximate surface area is 88.5 Å². The molecule has 0 aliphatic carbocycles. The molecule has 1 amide bonds. The van der Waals surface area contributed by atoms with E-state index in [9.17, 15) is 4.79 Å². The van der Waals surface area contributed by atoms with Gasteiger partial charge in [0.05, 0.1) is 12.8 Å². The van der Waals surface area contributed by atoms with Crippen LogP contribution in [-0.4, -0.2) is 50.6 Å². The first-order valence-corrected chi connectivity index (χ1v) is 5.00. The van der Waals surface area contributed by atoms with E-state index in [1.165, 1.54) is 10.9 Å². The Morgan fingerprint density at radius 3 is 2.87 bits per heavy atom. The van der Waals surface area contributed by atoms with Gasteiger partial charge in [0.1, 0.15) is 6.54 Å². The fourth-order valence-electron chi connectivity index (χ4n) is 1.31. The summed E-state index contributed by atoms with van der Waals surface area (Å²) < 4.78 is 1.47. The van der Waals surface area contributed by atoms with Crippen LogP contribution in [0.3, 0.4) is 0 Å². The van der Waals surface area contributed by atoms with Crippen molar-refractivity contribution in [2.75, 3.05) is 19.7 Å². The molecule has 0 bridgehead atoms. The molecule has 1 aromatic heterocycles. The molecule has 0 saturated carbocycles. The first-order valence-electron chi connectivity index (χ1n) is 5.00. The second-order valence-corrected chi connectivity index (χ2v) is 3.21. The van der Waals surface area contributed by atoms with E-state index in [-0.39, 0.29) is 19.1 Å². The van der Waals surface area contributed by atoms with Crippen molar-refractivity contribution < 1.29 is 9.90 Å². The predicted octanol–water partition coefficient (Wildman–Crippen LogP) is -0.491. The number of aliphatic hydroxyl groups is 1. The fraction of sp³-hybridized carbons (Fsp3) is 0.667. The predicted molar refractivity (Wildman–Crippen MR) is 54.0 cm³/mol. The average molecular weight is 212 g/mol. The maximum absolute atomic E-state index is 11.7. The van der Waals surface area contributed by atoms with Crippen LogP contribution in [0.1, 0.15) is 13.3 Å². The van der Waals surface area contributed by atoms with Crippen molar-refractivity contribution in [3.8, 4) is 0 Å². The summed E-state index contributed by atoms with van der Waals surface area (Å²) in [6.45, 7) is 3.20.